The van der Waals surface area contributed by atoms with Gasteiger partial charge in [-0.2, -0.15) is 0 Å². The minimum absolute atomic E-state index is 0.358. The lowest BCUT2D eigenvalue weighted by atomic mass is 10.00. The summed E-state index contributed by atoms with van der Waals surface area (Å²) in [7, 11) is 0. The molecule has 134 valence electrons. The summed E-state index contributed by atoms with van der Waals surface area (Å²) in [6.45, 7) is 6.21. The lowest BCUT2D eigenvalue weighted by Gasteiger charge is -2.30. The van der Waals surface area contributed by atoms with Crippen molar-refractivity contribution in [3.63, 3.8) is 0 Å². The third-order valence-electron chi connectivity index (χ3n) is 5.52. The molecule has 3 unspecified atom stereocenters. The van der Waals surface area contributed by atoms with Crippen LogP contribution in [-0.2, 0) is 19.5 Å². The van der Waals surface area contributed by atoms with E-state index in [4.69, 9.17) is 4.42 Å². The molecule has 4 nitrogen and oxygen atoms in total. The van der Waals surface area contributed by atoms with E-state index in [1.807, 2.05) is 0 Å². The summed E-state index contributed by atoms with van der Waals surface area (Å²) in [4.78, 5) is 2.34. The molecule has 4 heteroatoms. The molecular weight excluding hydrogens is 312 g/mol. The second kappa shape index (κ2) is 7.32. The smallest absolute Gasteiger partial charge is 0.117 e. The summed E-state index contributed by atoms with van der Waals surface area (Å²) < 4.78 is 5.89. The summed E-state index contributed by atoms with van der Waals surface area (Å²) in [6, 6.07) is 12.8. The van der Waals surface area contributed by atoms with Crippen molar-refractivity contribution in [2.24, 2.45) is 5.92 Å². The Morgan fingerprint density at radius 2 is 2.04 bits per heavy atom. The second-order valence-electron chi connectivity index (χ2n) is 7.66. The fourth-order valence-corrected chi connectivity index (χ4v) is 3.84. The van der Waals surface area contributed by atoms with E-state index in [1.54, 1.807) is 0 Å². The van der Waals surface area contributed by atoms with Crippen LogP contribution in [-0.4, -0.2) is 35.7 Å². The van der Waals surface area contributed by atoms with Crippen molar-refractivity contribution in [1.82, 2.24) is 10.2 Å². The molecule has 1 aliphatic carbocycles. The quantitative estimate of drug-likeness (QED) is 0.814. The largest absolute Gasteiger partial charge is 0.464 e. The van der Waals surface area contributed by atoms with Gasteiger partial charge < -0.3 is 14.8 Å². The van der Waals surface area contributed by atoms with E-state index in [9.17, 15) is 5.11 Å². The highest BCUT2D eigenvalue weighted by Gasteiger charge is 2.36. The van der Waals surface area contributed by atoms with Crippen molar-refractivity contribution >= 4 is 0 Å². The molecule has 0 saturated heterocycles. The zero-order valence-corrected chi connectivity index (χ0v) is 14.9. The summed E-state index contributed by atoms with van der Waals surface area (Å²) in [5.41, 5.74) is 2.84. The average Bonchev–Trinajstić information content (AvgIpc) is 3.16. The summed E-state index contributed by atoms with van der Waals surface area (Å²) in [6.07, 6.45) is 1.96. The van der Waals surface area contributed by atoms with Gasteiger partial charge >= 0.3 is 0 Å². The first-order valence-electron chi connectivity index (χ1n) is 9.45. The third kappa shape index (κ3) is 4.14. The van der Waals surface area contributed by atoms with E-state index in [0.717, 1.165) is 36.9 Å². The topological polar surface area (TPSA) is 48.6 Å². The highest BCUT2D eigenvalue weighted by Crippen LogP contribution is 2.47. The van der Waals surface area contributed by atoms with Crippen LogP contribution in [0.4, 0.5) is 0 Å². The molecule has 1 aromatic carbocycles. The Bertz CT molecular complexity index is 711. The first-order valence-corrected chi connectivity index (χ1v) is 9.45. The molecule has 0 amide bonds. The molecule has 2 N–H and O–H groups in total. The van der Waals surface area contributed by atoms with E-state index in [-0.39, 0.29) is 6.10 Å². The minimum Gasteiger partial charge on any atom is -0.464 e. The number of benzene rings is 1. The molecule has 0 bridgehead atoms. The molecule has 2 aliphatic rings. The zero-order valence-electron chi connectivity index (χ0n) is 14.9. The predicted molar refractivity (Wildman–Crippen MR) is 98.4 cm³/mol. The Hall–Kier alpha value is -1.62. The Morgan fingerprint density at radius 3 is 2.84 bits per heavy atom. The van der Waals surface area contributed by atoms with Gasteiger partial charge in [-0.1, -0.05) is 31.2 Å². The molecular formula is C21H28N2O2. The lowest BCUT2D eigenvalue weighted by Crippen LogP contribution is -2.40. The van der Waals surface area contributed by atoms with Crippen molar-refractivity contribution in [3.8, 4) is 0 Å². The molecule has 1 fully saturated rings. The van der Waals surface area contributed by atoms with E-state index in [1.165, 1.54) is 17.5 Å². The number of aliphatic hydroxyl groups is 1. The van der Waals surface area contributed by atoms with Gasteiger partial charge in [0.15, 0.2) is 0 Å². The van der Waals surface area contributed by atoms with Gasteiger partial charge in [0.05, 0.1) is 12.6 Å². The fourth-order valence-electron chi connectivity index (χ4n) is 3.84. The van der Waals surface area contributed by atoms with E-state index < -0.39 is 0 Å². The lowest BCUT2D eigenvalue weighted by molar-refractivity contribution is 0.104. The van der Waals surface area contributed by atoms with E-state index >= 15 is 0 Å². The maximum absolute atomic E-state index is 10.3. The number of aliphatic hydroxyl groups excluding tert-OH is 1. The fraction of sp³-hybridized carbons (Fsp3) is 0.524. The van der Waals surface area contributed by atoms with Crippen LogP contribution in [0.15, 0.2) is 40.8 Å². The molecule has 2 aromatic rings. The monoisotopic (exact) mass is 340 g/mol. The number of rotatable bonds is 7. The molecule has 1 aliphatic heterocycles. The normalized spacial score (nSPS) is 24.1. The minimum atomic E-state index is -0.358. The highest BCUT2D eigenvalue weighted by molar-refractivity contribution is 5.29. The van der Waals surface area contributed by atoms with Gasteiger partial charge in [0.2, 0.25) is 0 Å². The van der Waals surface area contributed by atoms with E-state index in [0.29, 0.717) is 25.6 Å². The Morgan fingerprint density at radius 1 is 1.24 bits per heavy atom. The van der Waals surface area contributed by atoms with Gasteiger partial charge in [0, 0.05) is 32.1 Å². The van der Waals surface area contributed by atoms with Crippen LogP contribution in [0.5, 0.6) is 0 Å². The van der Waals surface area contributed by atoms with Crippen molar-refractivity contribution < 1.29 is 9.52 Å². The first kappa shape index (κ1) is 16.8. The Balaban J connectivity index is 1.19. The average molecular weight is 340 g/mol. The van der Waals surface area contributed by atoms with Crippen LogP contribution in [0.25, 0.3) is 0 Å². The van der Waals surface area contributed by atoms with E-state index in [2.05, 4.69) is 53.5 Å². The van der Waals surface area contributed by atoms with Gasteiger partial charge in [0.25, 0.3) is 0 Å². The van der Waals surface area contributed by atoms with Crippen LogP contribution in [0.3, 0.4) is 0 Å². The molecule has 25 heavy (non-hydrogen) atoms. The standard InChI is InChI=1S/C21H28N2O2/c1-15-10-20(15)21-7-6-19(25-21)12-22-11-18(24)14-23-9-8-16-4-2-3-5-17(16)13-23/h2-7,15,18,20,22,24H,8-14H2,1H3. The van der Waals surface area contributed by atoms with Crippen LogP contribution in [0.1, 0.15) is 41.9 Å². The van der Waals surface area contributed by atoms with Crippen molar-refractivity contribution in [2.75, 3.05) is 19.6 Å². The van der Waals surface area contributed by atoms with Crippen LogP contribution in [0, 0.1) is 5.92 Å². The Kier molecular flexibility index (Phi) is 4.93. The van der Waals surface area contributed by atoms with Crippen LogP contribution >= 0.6 is 0 Å². The summed E-state index contributed by atoms with van der Waals surface area (Å²) >= 11 is 0. The van der Waals surface area contributed by atoms with Crippen molar-refractivity contribution in [1.29, 1.82) is 0 Å². The molecule has 1 aromatic heterocycles. The number of nitrogens with zero attached hydrogens (tertiary/aromatic N) is 1. The Labute approximate surface area is 149 Å². The van der Waals surface area contributed by atoms with Gasteiger partial charge in [-0.3, -0.25) is 4.90 Å². The predicted octanol–water partition coefficient (Wildman–Crippen LogP) is 2.91. The number of β-amino-alcohol motifs (C(OH)–C–C–N with tert-alkyl or cyclic N) is 1. The van der Waals surface area contributed by atoms with Crippen molar-refractivity contribution in [2.45, 2.75) is 44.9 Å². The van der Waals surface area contributed by atoms with Gasteiger partial charge in [-0.25, -0.2) is 0 Å². The number of nitrogens with one attached hydrogen (secondary N) is 1. The third-order valence-corrected chi connectivity index (χ3v) is 5.52. The van der Waals surface area contributed by atoms with Gasteiger partial charge in [-0.15, -0.1) is 0 Å². The molecule has 3 atom stereocenters. The van der Waals surface area contributed by atoms with Crippen LogP contribution < -0.4 is 5.32 Å². The molecule has 0 radical (unpaired) electrons. The molecule has 4 rings (SSSR count). The van der Waals surface area contributed by atoms with Crippen LogP contribution in [0.2, 0.25) is 0 Å². The SMILES string of the molecule is CC1CC1c1ccc(CNCC(O)CN2CCc3ccccc3C2)o1. The molecule has 0 spiro atoms. The maximum Gasteiger partial charge on any atom is 0.117 e. The first-order chi connectivity index (χ1) is 12.2. The van der Waals surface area contributed by atoms with Crippen molar-refractivity contribution in [3.05, 3.63) is 59.0 Å². The van der Waals surface area contributed by atoms with Gasteiger partial charge in [0.1, 0.15) is 11.5 Å². The molecule has 2 heterocycles. The zero-order chi connectivity index (χ0) is 17.2. The van der Waals surface area contributed by atoms with Gasteiger partial charge in [-0.05, 0) is 42.0 Å². The number of fused-ring (bicyclic) bond motifs is 1. The number of hydrogen-bond donors (Lipinski definition) is 2. The second-order valence-corrected chi connectivity index (χ2v) is 7.66. The highest BCUT2D eigenvalue weighted by atomic mass is 16.3. The summed E-state index contributed by atoms with van der Waals surface area (Å²) in [5, 5.41) is 13.7. The number of hydrogen-bond acceptors (Lipinski definition) is 4. The number of furan rings is 1. The maximum atomic E-state index is 10.3. The molecule has 1 saturated carbocycles. The summed E-state index contributed by atoms with van der Waals surface area (Å²) in [5.74, 6) is 3.48.